The van der Waals surface area contributed by atoms with Crippen LogP contribution in [0, 0.1) is 0 Å². The molecule has 0 bridgehead atoms. The van der Waals surface area contributed by atoms with Crippen molar-refractivity contribution in [2.75, 3.05) is 50.1 Å². The fourth-order valence-corrected chi connectivity index (χ4v) is 4.07. The molecule has 3 aromatic rings. The molecule has 0 saturated carbocycles. The molecule has 1 aliphatic rings. The van der Waals surface area contributed by atoms with Gasteiger partial charge >= 0.3 is 5.97 Å². The van der Waals surface area contributed by atoms with Gasteiger partial charge in [0.05, 0.1) is 24.0 Å². The van der Waals surface area contributed by atoms with Crippen LogP contribution in [0.4, 0.5) is 11.4 Å². The van der Waals surface area contributed by atoms with Crippen LogP contribution in [0.1, 0.15) is 27.6 Å². The Morgan fingerprint density at radius 1 is 0.968 bits per heavy atom. The molecule has 6 heteroatoms. The maximum absolute atomic E-state index is 13.3. The number of benzene rings is 3. The lowest BCUT2D eigenvalue weighted by molar-refractivity contribution is 0.0600. The number of hydrogen-bond donors (Lipinski definition) is 1. The first-order valence-corrected chi connectivity index (χ1v) is 10.6. The Bertz CT molecular complexity index is 1100. The first-order chi connectivity index (χ1) is 15.1. The number of hydrogen-bond acceptors (Lipinski definition) is 5. The minimum atomic E-state index is -0.428. The minimum Gasteiger partial charge on any atom is -0.465 e. The molecule has 0 radical (unpaired) electrons. The van der Waals surface area contributed by atoms with Gasteiger partial charge in [-0.05, 0) is 41.6 Å². The van der Waals surface area contributed by atoms with Gasteiger partial charge in [0.15, 0.2) is 0 Å². The van der Waals surface area contributed by atoms with Crippen LogP contribution in [0.15, 0.2) is 60.7 Å². The summed E-state index contributed by atoms with van der Waals surface area (Å²) < 4.78 is 4.88. The highest BCUT2D eigenvalue weighted by Crippen LogP contribution is 2.30. The zero-order valence-corrected chi connectivity index (χ0v) is 17.9. The number of piperazine rings is 1. The van der Waals surface area contributed by atoms with E-state index < -0.39 is 5.97 Å². The lowest BCUT2D eigenvalue weighted by Crippen LogP contribution is -2.46. The van der Waals surface area contributed by atoms with Crippen molar-refractivity contribution < 1.29 is 14.3 Å². The quantitative estimate of drug-likeness (QED) is 0.636. The second-order valence-electron chi connectivity index (χ2n) is 7.63. The summed E-state index contributed by atoms with van der Waals surface area (Å²) in [5.41, 5.74) is 2.54. The van der Waals surface area contributed by atoms with Gasteiger partial charge in [-0.2, -0.15) is 0 Å². The number of esters is 1. The highest BCUT2D eigenvalue weighted by atomic mass is 16.5. The van der Waals surface area contributed by atoms with Crippen LogP contribution in [0.2, 0.25) is 0 Å². The Labute approximate surface area is 182 Å². The summed E-state index contributed by atoms with van der Waals surface area (Å²) in [7, 11) is 1.36. The molecule has 1 N–H and O–H groups in total. The molecule has 0 aromatic heterocycles. The van der Waals surface area contributed by atoms with Gasteiger partial charge in [-0.1, -0.05) is 43.3 Å². The fourth-order valence-electron chi connectivity index (χ4n) is 4.07. The van der Waals surface area contributed by atoms with Crippen LogP contribution in [0.5, 0.6) is 0 Å². The standard InChI is InChI=1S/C25H27N3O3/c1-3-27-13-15-28(16-14-27)23-12-11-19(25(30)31-2)17-22(23)26-24(29)21-10-6-8-18-7-4-5-9-20(18)21/h4-12,17H,3,13-16H2,1-2H3,(H,26,29). The number of carbonyl (C=O) groups is 2. The molecule has 0 aliphatic carbocycles. The SMILES string of the molecule is CCN1CCN(c2ccc(C(=O)OC)cc2NC(=O)c2cccc3ccccc23)CC1. The molecule has 0 unspecified atom stereocenters. The van der Waals surface area contributed by atoms with Crippen molar-refractivity contribution in [1.29, 1.82) is 0 Å². The third kappa shape index (κ3) is 4.39. The number of ether oxygens (including phenoxy) is 1. The van der Waals surface area contributed by atoms with E-state index in [1.807, 2.05) is 48.5 Å². The number of carbonyl (C=O) groups excluding carboxylic acids is 2. The monoisotopic (exact) mass is 417 g/mol. The number of anilines is 2. The molecule has 31 heavy (non-hydrogen) atoms. The second-order valence-corrected chi connectivity index (χ2v) is 7.63. The van der Waals surface area contributed by atoms with Gasteiger partial charge in [-0.25, -0.2) is 4.79 Å². The largest absolute Gasteiger partial charge is 0.465 e. The van der Waals surface area contributed by atoms with E-state index in [0.29, 0.717) is 16.8 Å². The molecule has 6 nitrogen and oxygen atoms in total. The summed E-state index contributed by atoms with van der Waals surface area (Å²) in [6.07, 6.45) is 0. The van der Waals surface area contributed by atoms with Crippen LogP contribution < -0.4 is 10.2 Å². The van der Waals surface area contributed by atoms with Crippen molar-refractivity contribution in [3.05, 3.63) is 71.8 Å². The van der Waals surface area contributed by atoms with Crippen LogP contribution in [-0.4, -0.2) is 56.6 Å². The average Bonchev–Trinajstić information content (AvgIpc) is 2.83. The van der Waals surface area contributed by atoms with Crippen molar-refractivity contribution in [3.8, 4) is 0 Å². The highest BCUT2D eigenvalue weighted by molar-refractivity contribution is 6.14. The number of nitrogens with zero attached hydrogens (tertiary/aromatic N) is 2. The lowest BCUT2D eigenvalue weighted by Gasteiger charge is -2.36. The van der Waals surface area contributed by atoms with Crippen molar-refractivity contribution in [1.82, 2.24) is 4.90 Å². The highest BCUT2D eigenvalue weighted by Gasteiger charge is 2.21. The summed E-state index contributed by atoms with van der Waals surface area (Å²) in [6.45, 7) is 6.85. The smallest absolute Gasteiger partial charge is 0.337 e. The number of nitrogens with one attached hydrogen (secondary N) is 1. The van der Waals surface area contributed by atoms with E-state index in [1.165, 1.54) is 7.11 Å². The Morgan fingerprint density at radius 2 is 1.71 bits per heavy atom. The Kier molecular flexibility index (Phi) is 6.18. The van der Waals surface area contributed by atoms with Crippen LogP contribution >= 0.6 is 0 Å². The number of rotatable bonds is 5. The lowest BCUT2D eigenvalue weighted by atomic mass is 10.0. The molecular weight excluding hydrogens is 390 g/mol. The molecule has 1 aliphatic heterocycles. The maximum Gasteiger partial charge on any atom is 0.337 e. The average molecular weight is 418 g/mol. The third-order valence-corrected chi connectivity index (χ3v) is 5.86. The van der Waals surface area contributed by atoms with E-state index in [2.05, 4.69) is 22.0 Å². The first-order valence-electron chi connectivity index (χ1n) is 10.6. The Hall–Kier alpha value is -3.38. The van der Waals surface area contributed by atoms with Crippen LogP contribution in [0.25, 0.3) is 10.8 Å². The summed E-state index contributed by atoms with van der Waals surface area (Å²) in [4.78, 5) is 30.0. The van der Waals surface area contributed by atoms with Gasteiger partial charge in [-0.15, -0.1) is 0 Å². The molecule has 1 amide bonds. The number of likely N-dealkylation sites (N-methyl/N-ethyl adjacent to an activating group) is 1. The van der Waals surface area contributed by atoms with Gasteiger partial charge < -0.3 is 19.9 Å². The van der Waals surface area contributed by atoms with E-state index in [4.69, 9.17) is 4.74 Å². The van der Waals surface area contributed by atoms with Crippen molar-refractivity contribution in [3.63, 3.8) is 0 Å². The van der Waals surface area contributed by atoms with Crippen molar-refractivity contribution in [2.45, 2.75) is 6.92 Å². The molecule has 0 atom stereocenters. The van der Waals surface area contributed by atoms with Gasteiger partial charge in [0.2, 0.25) is 0 Å². The van der Waals surface area contributed by atoms with Crippen molar-refractivity contribution in [2.24, 2.45) is 0 Å². The molecule has 1 fully saturated rings. The van der Waals surface area contributed by atoms with Crippen LogP contribution in [-0.2, 0) is 4.74 Å². The summed E-state index contributed by atoms with van der Waals surface area (Å²) in [5.74, 6) is -0.629. The predicted octanol–water partition coefficient (Wildman–Crippen LogP) is 4.02. The van der Waals surface area contributed by atoms with Gasteiger partial charge in [-0.3, -0.25) is 4.79 Å². The summed E-state index contributed by atoms with van der Waals surface area (Å²) in [6, 6.07) is 18.9. The minimum absolute atomic E-state index is 0.202. The van der Waals surface area contributed by atoms with Gasteiger partial charge in [0.25, 0.3) is 5.91 Å². The zero-order chi connectivity index (χ0) is 21.8. The Morgan fingerprint density at radius 3 is 2.45 bits per heavy atom. The zero-order valence-electron chi connectivity index (χ0n) is 17.9. The van der Waals surface area contributed by atoms with E-state index in [9.17, 15) is 9.59 Å². The van der Waals surface area contributed by atoms with E-state index in [1.54, 1.807) is 12.1 Å². The van der Waals surface area contributed by atoms with Gasteiger partial charge in [0.1, 0.15) is 0 Å². The Balaban J connectivity index is 1.68. The van der Waals surface area contributed by atoms with E-state index >= 15 is 0 Å². The topological polar surface area (TPSA) is 61.9 Å². The number of amides is 1. The summed E-state index contributed by atoms with van der Waals surface area (Å²) in [5, 5.41) is 4.96. The molecular formula is C25H27N3O3. The van der Waals surface area contributed by atoms with Crippen molar-refractivity contribution >= 4 is 34.0 Å². The van der Waals surface area contributed by atoms with Crippen LogP contribution in [0.3, 0.4) is 0 Å². The molecule has 3 aromatic carbocycles. The third-order valence-electron chi connectivity index (χ3n) is 5.86. The molecule has 0 spiro atoms. The fraction of sp³-hybridized carbons (Fsp3) is 0.280. The predicted molar refractivity (Wildman–Crippen MR) is 124 cm³/mol. The maximum atomic E-state index is 13.3. The molecule has 1 heterocycles. The first kappa shape index (κ1) is 20.9. The van der Waals surface area contributed by atoms with Gasteiger partial charge in [0, 0.05) is 31.7 Å². The summed E-state index contributed by atoms with van der Waals surface area (Å²) >= 11 is 0. The number of methoxy groups -OCH3 is 1. The van der Waals surface area contributed by atoms with E-state index in [0.717, 1.165) is 49.2 Å². The molecule has 4 rings (SSSR count). The second kappa shape index (κ2) is 9.18. The number of fused-ring (bicyclic) bond motifs is 1. The van der Waals surface area contributed by atoms with E-state index in [-0.39, 0.29) is 5.91 Å². The molecule has 1 saturated heterocycles. The normalized spacial score (nSPS) is 14.5. The molecule has 160 valence electrons.